The van der Waals surface area contributed by atoms with Gasteiger partial charge < -0.3 is 10.6 Å². The number of rotatable bonds is 5. The van der Waals surface area contributed by atoms with Gasteiger partial charge in [-0.25, -0.2) is 9.37 Å². The summed E-state index contributed by atoms with van der Waals surface area (Å²) in [6, 6.07) is 12.7. The van der Waals surface area contributed by atoms with Crippen LogP contribution in [0.15, 0.2) is 42.5 Å². The zero-order valence-electron chi connectivity index (χ0n) is 14.5. The van der Waals surface area contributed by atoms with Crippen LogP contribution >= 0.6 is 11.6 Å². The van der Waals surface area contributed by atoms with E-state index in [-0.39, 0.29) is 5.02 Å². The van der Waals surface area contributed by atoms with Crippen LogP contribution in [-0.2, 0) is 0 Å². The summed E-state index contributed by atoms with van der Waals surface area (Å²) in [6.45, 7) is 2.20. The van der Waals surface area contributed by atoms with Crippen molar-refractivity contribution < 1.29 is 4.39 Å². The van der Waals surface area contributed by atoms with E-state index in [2.05, 4.69) is 27.5 Å². The molecule has 1 atom stereocenters. The van der Waals surface area contributed by atoms with Gasteiger partial charge in [-0.1, -0.05) is 30.2 Å². The average molecular weight is 371 g/mol. The van der Waals surface area contributed by atoms with E-state index in [1.54, 1.807) is 6.07 Å². The summed E-state index contributed by atoms with van der Waals surface area (Å²) in [6.07, 6.45) is 3.83. The van der Waals surface area contributed by atoms with Crippen molar-refractivity contribution in [2.75, 3.05) is 10.6 Å². The lowest BCUT2D eigenvalue weighted by atomic mass is 9.80. The van der Waals surface area contributed by atoms with Crippen LogP contribution in [0.25, 0.3) is 10.9 Å². The Hall–Kier alpha value is -2.40. The number of para-hydroxylation sites is 1. The molecule has 2 N–H and O–H groups in total. The highest BCUT2D eigenvalue weighted by molar-refractivity contribution is 6.31. The molecule has 0 amide bonds. The van der Waals surface area contributed by atoms with Crippen LogP contribution in [0.5, 0.6) is 0 Å². The molecule has 134 valence electrons. The Morgan fingerprint density at radius 1 is 1.15 bits per heavy atom. The molecule has 0 unspecified atom stereocenters. The molecule has 1 saturated carbocycles. The Labute approximate surface area is 156 Å². The molecule has 0 aliphatic heterocycles. The van der Waals surface area contributed by atoms with Gasteiger partial charge in [0.15, 0.2) is 0 Å². The number of aromatic nitrogens is 2. The largest absolute Gasteiger partial charge is 0.367 e. The van der Waals surface area contributed by atoms with Crippen molar-refractivity contribution in [2.24, 2.45) is 5.92 Å². The van der Waals surface area contributed by atoms with Gasteiger partial charge in [0.1, 0.15) is 11.6 Å². The average Bonchev–Trinajstić information content (AvgIpc) is 2.56. The van der Waals surface area contributed by atoms with Gasteiger partial charge in [0.25, 0.3) is 0 Å². The summed E-state index contributed by atoms with van der Waals surface area (Å²) >= 11 is 5.86. The van der Waals surface area contributed by atoms with Crippen molar-refractivity contribution in [1.82, 2.24) is 9.97 Å². The summed E-state index contributed by atoms with van der Waals surface area (Å²) in [4.78, 5) is 9.23. The van der Waals surface area contributed by atoms with E-state index in [9.17, 15) is 4.39 Å². The second-order valence-corrected chi connectivity index (χ2v) is 7.20. The van der Waals surface area contributed by atoms with Crippen molar-refractivity contribution in [1.29, 1.82) is 0 Å². The van der Waals surface area contributed by atoms with Crippen molar-refractivity contribution in [3.05, 3.63) is 53.3 Å². The van der Waals surface area contributed by atoms with Gasteiger partial charge in [-0.2, -0.15) is 4.98 Å². The molecular formula is C20H20ClFN4. The fourth-order valence-electron chi connectivity index (χ4n) is 3.22. The summed E-state index contributed by atoms with van der Waals surface area (Å²) in [5, 5.41) is 7.73. The summed E-state index contributed by atoms with van der Waals surface area (Å²) in [5.74, 6) is 1.50. The van der Waals surface area contributed by atoms with Gasteiger partial charge in [-0.05, 0) is 56.0 Å². The lowest BCUT2D eigenvalue weighted by Gasteiger charge is -2.32. The minimum Gasteiger partial charge on any atom is -0.367 e. The van der Waals surface area contributed by atoms with Crippen LogP contribution in [0.1, 0.15) is 26.2 Å². The van der Waals surface area contributed by atoms with E-state index in [1.807, 2.05) is 24.3 Å². The van der Waals surface area contributed by atoms with Crippen LogP contribution in [-0.4, -0.2) is 16.0 Å². The Morgan fingerprint density at radius 3 is 2.69 bits per heavy atom. The summed E-state index contributed by atoms with van der Waals surface area (Å²) < 4.78 is 13.4. The second-order valence-electron chi connectivity index (χ2n) is 6.79. The zero-order valence-corrected chi connectivity index (χ0v) is 15.2. The first kappa shape index (κ1) is 17.0. The maximum Gasteiger partial charge on any atom is 0.229 e. The first-order valence-corrected chi connectivity index (χ1v) is 9.23. The van der Waals surface area contributed by atoms with Crippen LogP contribution < -0.4 is 10.6 Å². The number of anilines is 3. The van der Waals surface area contributed by atoms with Crippen LogP contribution in [0.4, 0.5) is 21.8 Å². The van der Waals surface area contributed by atoms with Crippen LogP contribution in [0, 0.1) is 11.7 Å². The molecule has 3 aromatic rings. The molecule has 0 spiro atoms. The molecule has 1 fully saturated rings. The Balaban J connectivity index is 1.67. The maximum atomic E-state index is 13.4. The monoisotopic (exact) mass is 370 g/mol. The predicted octanol–water partition coefficient (Wildman–Crippen LogP) is 5.77. The summed E-state index contributed by atoms with van der Waals surface area (Å²) in [7, 11) is 0. The molecule has 1 aliphatic rings. The zero-order chi connectivity index (χ0) is 18.1. The number of hydrogen-bond acceptors (Lipinski definition) is 4. The van der Waals surface area contributed by atoms with Gasteiger partial charge in [0.2, 0.25) is 5.95 Å². The molecule has 1 heterocycles. The van der Waals surface area contributed by atoms with Gasteiger partial charge in [0, 0.05) is 17.1 Å². The maximum absolute atomic E-state index is 13.4. The van der Waals surface area contributed by atoms with Gasteiger partial charge in [-0.3, -0.25) is 0 Å². The first-order chi connectivity index (χ1) is 12.6. The highest BCUT2D eigenvalue weighted by Crippen LogP contribution is 2.32. The lowest BCUT2D eigenvalue weighted by molar-refractivity contribution is 0.285. The third-order valence-electron chi connectivity index (χ3n) is 5.00. The number of halogens is 2. The van der Waals surface area contributed by atoms with E-state index in [1.165, 1.54) is 31.4 Å². The fourth-order valence-corrected chi connectivity index (χ4v) is 3.40. The number of hydrogen-bond donors (Lipinski definition) is 2. The third-order valence-corrected chi connectivity index (χ3v) is 5.29. The number of fused-ring (bicyclic) bond motifs is 1. The molecular weight excluding hydrogens is 351 g/mol. The number of nitrogens with one attached hydrogen (secondary N) is 2. The van der Waals surface area contributed by atoms with E-state index in [4.69, 9.17) is 11.6 Å². The fraction of sp³-hybridized carbons (Fsp3) is 0.300. The molecule has 0 radical (unpaired) electrons. The Bertz CT molecular complexity index is 942. The quantitative estimate of drug-likeness (QED) is 0.598. The smallest absolute Gasteiger partial charge is 0.229 e. The highest BCUT2D eigenvalue weighted by atomic mass is 35.5. The normalized spacial score (nSPS) is 15.5. The molecule has 4 rings (SSSR count). The molecule has 4 nitrogen and oxygen atoms in total. The van der Waals surface area contributed by atoms with Crippen molar-refractivity contribution >= 4 is 40.0 Å². The highest BCUT2D eigenvalue weighted by Gasteiger charge is 2.24. The van der Waals surface area contributed by atoms with Gasteiger partial charge in [0.05, 0.1) is 10.5 Å². The van der Waals surface area contributed by atoms with E-state index < -0.39 is 5.82 Å². The SMILES string of the molecule is C[C@@H](Nc1nc(Nc2ccc(F)c(Cl)c2)nc2ccccc12)C1CCC1. The van der Waals surface area contributed by atoms with Crippen LogP contribution in [0.2, 0.25) is 5.02 Å². The standard InChI is InChI=1S/C20H20ClFN4/c1-12(13-5-4-6-13)23-19-15-7-2-3-8-18(15)25-20(26-19)24-14-9-10-17(22)16(21)11-14/h2-3,7-13H,4-6H2,1H3,(H2,23,24,25,26)/t12-/m1/s1. The van der Waals surface area contributed by atoms with Crippen LogP contribution in [0.3, 0.4) is 0 Å². The van der Waals surface area contributed by atoms with Crippen molar-refractivity contribution in [2.45, 2.75) is 32.2 Å². The van der Waals surface area contributed by atoms with E-state index >= 15 is 0 Å². The summed E-state index contributed by atoms with van der Waals surface area (Å²) in [5.41, 5.74) is 1.49. The van der Waals surface area contributed by atoms with E-state index in [0.717, 1.165) is 16.7 Å². The second kappa shape index (κ2) is 7.08. The minimum absolute atomic E-state index is 0.0627. The van der Waals surface area contributed by atoms with Gasteiger partial charge >= 0.3 is 0 Å². The van der Waals surface area contributed by atoms with Crippen molar-refractivity contribution in [3.8, 4) is 0 Å². The Morgan fingerprint density at radius 2 is 1.96 bits per heavy atom. The molecule has 0 saturated heterocycles. The predicted molar refractivity (Wildman–Crippen MR) is 105 cm³/mol. The molecule has 2 aromatic carbocycles. The first-order valence-electron chi connectivity index (χ1n) is 8.85. The minimum atomic E-state index is -0.451. The van der Waals surface area contributed by atoms with E-state index in [0.29, 0.717) is 23.6 Å². The van der Waals surface area contributed by atoms with Gasteiger partial charge in [-0.15, -0.1) is 0 Å². The molecule has 0 bridgehead atoms. The number of benzene rings is 2. The number of nitrogens with zero attached hydrogens (tertiary/aromatic N) is 2. The molecule has 6 heteroatoms. The topological polar surface area (TPSA) is 49.8 Å². The molecule has 1 aliphatic carbocycles. The molecule has 1 aromatic heterocycles. The third kappa shape index (κ3) is 3.44. The van der Waals surface area contributed by atoms with Crippen molar-refractivity contribution in [3.63, 3.8) is 0 Å². The lowest BCUT2D eigenvalue weighted by Crippen LogP contribution is -2.31. The molecule has 26 heavy (non-hydrogen) atoms. The Kier molecular flexibility index (Phi) is 4.64.